The summed E-state index contributed by atoms with van der Waals surface area (Å²) in [4.78, 5) is 3.76. The molecule has 4 rings (SSSR count). The Kier molecular flexibility index (Phi) is 9.79. The molecule has 0 aromatic rings. The van der Waals surface area contributed by atoms with Gasteiger partial charge in [0.15, 0.2) is 0 Å². The van der Waals surface area contributed by atoms with Crippen LogP contribution in [0.5, 0.6) is 0 Å². The van der Waals surface area contributed by atoms with Crippen LogP contribution >= 0.6 is 0 Å². The van der Waals surface area contributed by atoms with Crippen LogP contribution in [0.25, 0.3) is 0 Å². The van der Waals surface area contributed by atoms with Crippen LogP contribution in [0.1, 0.15) is 64.2 Å². The summed E-state index contributed by atoms with van der Waals surface area (Å²) >= 11 is 0. The van der Waals surface area contributed by atoms with Crippen LogP contribution in [0, 0.1) is 23.7 Å². The van der Waals surface area contributed by atoms with E-state index in [0.717, 1.165) is 35.9 Å². The van der Waals surface area contributed by atoms with Crippen LogP contribution in [0.15, 0.2) is 25.3 Å². The lowest BCUT2D eigenvalue weighted by molar-refractivity contribution is 0.164. The second-order valence-corrected chi connectivity index (χ2v) is 12.4. The fraction of sp³-hybridized carbons (Fsp3) is 0.833. The third kappa shape index (κ3) is 6.29. The van der Waals surface area contributed by atoms with Crippen LogP contribution in [-0.4, -0.2) is 40.8 Å². The standard InChI is InChI=1S/C15H28N2Si.C9H17N/c1-3-10-17-18(12-4-2)15-14-8-6-5-7-13(14)9-11-16-15;1-2-4-9-7-10-6-5-8(9)3-1/h3-4,13-18H,1-2,5-12H2;8-10H,1-7H2. The van der Waals surface area contributed by atoms with Gasteiger partial charge in [0.05, 0.1) is 0 Å². The molecular formula is C24H45N3Si. The van der Waals surface area contributed by atoms with Crippen molar-refractivity contribution in [3.8, 4) is 0 Å². The summed E-state index contributed by atoms with van der Waals surface area (Å²) < 4.78 is 0. The normalized spacial score (nSPS) is 36.1. The Morgan fingerprint density at radius 3 is 2.29 bits per heavy atom. The van der Waals surface area contributed by atoms with Crippen molar-refractivity contribution in [2.75, 3.05) is 26.2 Å². The van der Waals surface area contributed by atoms with E-state index >= 15 is 0 Å². The third-order valence-corrected chi connectivity index (χ3v) is 11.1. The Balaban J connectivity index is 0.000000188. The fourth-order valence-corrected chi connectivity index (χ4v) is 9.47. The van der Waals surface area contributed by atoms with Crippen molar-refractivity contribution < 1.29 is 0 Å². The average Bonchev–Trinajstić information content (AvgIpc) is 2.77. The molecule has 0 amide bonds. The Bertz CT molecular complexity index is 441. The molecule has 0 aromatic heterocycles. The summed E-state index contributed by atoms with van der Waals surface area (Å²) in [5.74, 6) is 4.06. The van der Waals surface area contributed by atoms with E-state index < -0.39 is 8.96 Å². The SMILES string of the molecule is C1CCC2CNCCC2C1.C=CCN[SiH](CC=C)C1NCCC2CCCCC21. The molecule has 28 heavy (non-hydrogen) atoms. The largest absolute Gasteiger partial charge is 0.335 e. The van der Waals surface area contributed by atoms with Gasteiger partial charge in [0, 0.05) is 12.2 Å². The molecule has 2 saturated carbocycles. The zero-order chi connectivity index (χ0) is 19.6. The van der Waals surface area contributed by atoms with Gasteiger partial charge in [-0.3, -0.25) is 0 Å². The quantitative estimate of drug-likeness (QED) is 0.460. The first-order valence-electron chi connectivity index (χ1n) is 12.2. The molecule has 6 unspecified atom stereocenters. The highest BCUT2D eigenvalue weighted by Gasteiger charge is 2.38. The van der Waals surface area contributed by atoms with Gasteiger partial charge in [-0.15, -0.1) is 13.2 Å². The Morgan fingerprint density at radius 2 is 1.54 bits per heavy atom. The summed E-state index contributed by atoms with van der Waals surface area (Å²) in [6.07, 6.45) is 18.8. The maximum absolute atomic E-state index is 3.95. The monoisotopic (exact) mass is 403 g/mol. The molecule has 0 radical (unpaired) electrons. The van der Waals surface area contributed by atoms with Gasteiger partial charge in [0.2, 0.25) is 0 Å². The van der Waals surface area contributed by atoms with E-state index in [2.05, 4.69) is 34.8 Å². The van der Waals surface area contributed by atoms with E-state index in [9.17, 15) is 0 Å². The van der Waals surface area contributed by atoms with Crippen molar-refractivity contribution in [1.82, 2.24) is 15.6 Å². The predicted octanol–water partition coefficient (Wildman–Crippen LogP) is 4.17. The fourth-order valence-electron chi connectivity index (χ4n) is 6.37. The van der Waals surface area contributed by atoms with Crippen LogP contribution in [0.3, 0.4) is 0 Å². The first-order chi connectivity index (χ1) is 13.8. The van der Waals surface area contributed by atoms with Gasteiger partial charge in [-0.2, -0.15) is 0 Å². The third-order valence-electron chi connectivity index (χ3n) is 7.87. The molecular weight excluding hydrogens is 358 g/mol. The smallest absolute Gasteiger partial charge is 0.130 e. The van der Waals surface area contributed by atoms with Crippen molar-refractivity contribution in [1.29, 1.82) is 0 Å². The summed E-state index contributed by atoms with van der Waals surface area (Å²) in [6.45, 7) is 12.6. The molecule has 0 aromatic carbocycles. The minimum Gasteiger partial charge on any atom is -0.335 e. The minimum absolute atomic E-state index is 0.766. The molecule has 0 bridgehead atoms. The molecule has 2 heterocycles. The number of fused-ring (bicyclic) bond motifs is 2. The molecule has 160 valence electrons. The van der Waals surface area contributed by atoms with Gasteiger partial charge in [0.1, 0.15) is 8.96 Å². The van der Waals surface area contributed by atoms with Crippen molar-refractivity contribution in [2.45, 2.75) is 75.9 Å². The molecule has 2 saturated heterocycles. The molecule has 3 N–H and O–H groups in total. The lowest BCUT2D eigenvalue weighted by Crippen LogP contribution is -2.60. The maximum Gasteiger partial charge on any atom is 0.130 e. The second-order valence-electron chi connectivity index (χ2n) is 9.60. The van der Waals surface area contributed by atoms with Crippen LogP contribution < -0.4 is 15.6 Å². The maximum atomic E-state index is 3.95. The average molecular weight is 404 g/mol. The number of piperidine rings is 2. The van der Waals surface area contributed by atoms with Crippen molar-refractivity contribution in [2.24, 2.45) is 23.7 Å². The zero-order valence-corrected chi connectivity index (χ0v) is 19.3. The van der Waals surface area contributed by atoms with Gasteiger partial charge >= 0.3 is 0 Å². The van der Waals surface area contributed by atoms with Crippen LogP contribution in [-0.2, 0) is 0 Å². The summed E-state index contributed by atoms with van der Waals surface area (Å²) in [7, 11) is -0.977. The minimum atomic E-state index is -0.977. The summed E-state index contributed by atoms with van der Waals surface area (Å²) in [6, 6.07) is 1.19. The number of hydrogen-bond acceptors (Lipinski definition) is 3. The van der Waals surface area contributed by atoms with Crippen molar-refractivity contribution >= 4 is 8.96 Å². The molecule has 3 nitrogen and oxygen atoms in total. The molecule has 4 fully saturated rings. The highest BCUT2D eigenvalue weighted by atomic mass is 28.3. The van der Waals surface area contributed by atoms with Crippen molar-refractivity contribution in [3.05, 3.63) is 25.3 Å². The number of rotatable bonds is 6. The molecule has 6 atom stereocenters. The lowest BCUT2D eigenvalue weighted by atomic mass is 9.75. The number of allylic oxidation sites excluding steroid dienone is 1. The second kappa shape index (κ2) is 12.3. The highest BCUT2D eigenvalue weighted by Crippen LogP contribution is 2.37. The number of nitrogens with one attached hydrogen (secondary N) is 3. The van der Waals surface area contributed by atoms with Gasteiger partial charge in [-0.05, 0) is 75.0 Å². The predicted molar refractivity (Wildman–Crippen MR) is 125 cm³/mol. The van der Waals surface area contributed by atoms with Crippen molar-refractivity contribution in [3.63, 3.8) is 0 Å². The van der Waals surface area contributed by atoms with E-state index in [1.807, 2.05) is 6.08 Å². The Morgan fingerprint density at radius 1 is 0.821 bits per heavy atom. The van der Waals surface area contributed by atoms with E-state index in [1.165, 1.54) is 89.9 Å². The van der Waals surface area contributed by atoms with E-state index in [-0.39, 0.29) is 0 Å². The summed E-state index contributed by atoms with van der Waals surface area (Å²) in [5, 5.41) is 7.31. The van der Waals surface area contributed by atoms with Gasteiger partial charge in [-0.25, -0.2) is 0 Å². The lowest BCUT2D eigenvalue weighted by Gasteiger charge is -2.44. The number of hydrogen-bond donors (Lipinski definition) is 3. The Labute approximate surface area is 175 Å². The van der Waals surface area contributed by atoms with Gasteiger partial charge < -0.3 is 15.6 Å². The van der Waals surface area contributed by atoms with E-state index in [4.69, 9.17) is 0 Å². The van der Waals surface area contributed by atoms with E-state index in [1.54, 1.807) is 0 Å². The van der Waals surface area contributed by atoms with Gasteiger partial charge in [0.25, 0.3) is 0 Å². The molecule has 4 aliphatic rings. The topological polar surface area (TPSA) is 36.1 Å². The van der Waals surface area contributed by atoms with Crippen LogP contribution in [0.2, 0.25) is 6.04 Å². The highest BCUT2D eigenvalue weighted by molar-refractivity contribution is 6.58. The summed E-state index contributed by atoms with van der Waals surface area (Å²) in [5.41, 5.74) is 0.766. The van der Waals surface area contributed by atoms with E-state index in [0.29, 0.717) is 0 Å². The molecule has 2 aliphatic heterocycles. The zero-order valence-electron chi connectivity index (χ0n) is 18.1. The van der Waals surface area contributed by atoms with Crippen LogP contribution in [0.4, 0.5) is 0 Å². The molecule has 2 aliphatic carbocycles. The Hall–Kier alpha value is -0.423. The first-order valence-corrected chi connectivity index (χ1v) is 14.3. The van der Waals surface area contributed by atoms with Gasteiger partial charge in [-0.1, -0.05) is 50.7 Å². The molecule has 4 heteroatoms. The first kappa shape index (κ1) is 22.3. The molecule has 0 spiro atoms.